The first kappa shape index (κ1) is 12.0. The second kappa shape index (κ2) is 4.44. The Morgan fingerprint density at radius 2 is 2.17 bits per heavy atom. The highest BCUT2D eigenvalue weighted by Crippen LogP contribution is 2.48. The third-order valence-electron chi connectivity index (χ3n) is 2.86. The van der Waals surface area contributed by atoms with Gasteiger partial charge < -0.3 is 11.5 Å². The van der Waals surface area contributed by atoms with E-state index in [1.54, 1.807) is 12.1 Å². The van der Waals surface area contributed by atoms with Crippen LogP contribution in [0.15, 0.2) is 29.3 Å². The Labute approximate surface area is 103 Å². The van der Waals surface area contributed by atoms with Crippen molar-refractivity contribution in [2.75, 3.05) is 0 Å². The number of nitro benzene ring substituents is 1. The van der Waals surface area contributed by atoms with Gasteiger partial charge in [0, 0.05) is 18.1 Å². The standard InChI is InChI=1S/C11H12N4O3/c12-11(13)14-10(16)9-5-8(9)6-2-1-3-7(4-6)15(17)18/h1-4,8-9H,5H2,(H4,12,13,14,16). The van der Waals surface area contributed by atoms with Gasteiger partial charge in [0.2, 0.25) is 0 Å². The molecular weight excluding hydrogens is 236 g/mol. The molecule has 7 nitrogen and oxygen atoms in total. The number of hydrogen-bond donors (Lipinski definition) is 2. The van der Waals surface area contributed by atoms with Crippen molar-refractivity contribution < 1.29 is 9.72 Å². The highest BCUT2D eigenvalue weighted by Gasteiger charge is 2.44. The summed E-state index contributed by atoms with van der Waals surface area (Å²) in [6.45, 7) is 0. The molecule has 2 unspecified atom stereocenters. The van der Waals surface area contributed by atoms with E-state index in [0.29, 0.717) is 6.42 Å². The molecule has 94 valence electrons. The molecule has 0 bridgehead atoms. The van der Waals surface area contributed by atoms with E-state index in [4.69, 9.17) is 11.5 Å². The average molecular weight is 248 g/mol. The minimum atomic E-state index is -0.460. The van der Waals surface area contributed by atoms with Crippen LogP contribution in [0.3, 0.4) is 0 Å². The number of aliphatic imine (C=N–C) groups is 1. The maximum Gasteiger partial charge on any atom is 0.269 e. The summed E-state index contributed by atoms with van der Waals surface area (Å²) < 4.78 is 0. The van der Waals surface area contributed by atoms with Crippen LogP contribution < -0.4 is 11.5 Å². The smallest absolute Gasteiger partial charge is 0.269 e. The monoisotopic (exact) mass is 248 g/mol. The van der Waals surface area contributed by atoms with Crippen molar-refractivity contribution in [2.24, 2.45) is 22.4 Å². The molecule has 1 amide bonds. The summed E-state index contributed by atoms with van der Waals surface area (Å²) in [6, 6.07) is 6.26. The average Bonchev–Trinajstić information content (AvgIpc) is 3.08. The third kappa shape index (κ3) is 2.45. The Hall–Kier alpha value is -2.44. The molecule has 0 spiro atoms. The molecule has 2 atom stereocenters. The van der Waals surface area contributed by atoms with Gasteiger partial charge in [-0.25, -0.2) is 0 Å². The van der Waals surface area contributed by atoms with Gasteiger partial charge in [-0.1, -0.05) is 12.1 Å². The summed E-state index contributed by atoms with van der Waals surface area (Å²) in [5, 5.41) is 10.6. The van der Waals surface area contributed by atoms with Crippen molar-refractivity contribution in [2.45, 2.75) is 12.3 Å². The Balaban J connectivity index is 2.12. The van der Waals surface area contributed by atoms with Crippen molar-refractivity contribution >= 4 is 17.6 Å². The molecule has 1 aliphatic carbocycles. The van der Waals surface area contributed by atoms with Crippen LogP contribution in [0.25, 0.3) is 0 Å². The van der Waals surface area contributed by atoms with E-state index < -0.39 is 4.92 Å². The number of nitrogens with zero attached hydrogens (tertiary/aromatic N) is 2. The molecule has 0 radical (unpaired) electrons. The fourth-order valence-corrected chi connectivity index (χ4v) is 1.92. The number of non-ortho nitro benzene ring substituents is 1. The zero-order valence-corrected chi connectivity index (χ0v) is 9.45. The number of carbonyl (C=O) groups is 1. The minimum Gasteiger partial charge on any atom is -0.370 e. The molecule has 18 heavy (non-hydrogen) atoms. The van der Waals surface area contributed by atoms with Crippen LogP contribution >= 0.6 is 0 Å². The Morgan fingerprint density at radius 3 is 2.78 bits per heavy atom. The van der Waals surface area contributed by atoms with E-state index in [1.807, 2.05) is 0 Å². The first-order valence-electron chi connectivity index (χ1n) is 5.37. The van der Waals surface area contributed by atoms with Gasteiger partial charge >= 0.3 is 0 Å². The molecule has 1 aromatic carbocycles. The summed E-state index contributed by atoms with van der Waals surface area (Å²) in [5.41, 5.74) is 11.0. The fraction of sp³-hybridized carbons (Fsp3) is 0.273. The van der Waals surface area contributed by atoms with E-state index in [1.165, 1.54) is 12.1 Å². The molecule has 7 heteroatoms. The van der Waals surface area contributed by atoms with E-state index in [2.05, 4.69) is 4.99 Å². The van der Waals surface area contributed by atoms with E-state index in [-0.39, 0.29) is 29.4 Å². The third-order valence-corrected chi connectivity index (χ3v) is 2.86. The largest absolute Gasteiger partial charge is 0.370 e. The summed E-state index contributed by atoms with van der Waals surface area (Å²) in [4.78, 5) is 25.2. The number of carbonyl (C=O) groups excluding carboxylic acids is 1. The molecule has 1 aromatic rings. The molecule has 1 aliphatic rings. The number of benzene rings is 1. The first-order valence-corrected chi connectivity index (χ1v) is 5.37. The summed E-state index contributed by atoms with van der Waals surface area (Å²) in [5.74, 6) is -0.925. The zero-order valence-electron chi connectivity index (χ0n) is 9.45. The van der Waals surface area contributed by atoms with Gasteiger partial charge in [-0.3, -0.25) is 14.9 Å². The second-order valence-electron chi connectivity index (χ2n) is 4.18. The second-order valence-corrected chi connectivity index (χ2v) is 4.18. The van der Waals surface area contributed by atoms with E-state index in [9.17, 15) is 14.9 Å². The van der Waals surface area contributed by atoms with Crippen LogP contribution in [-0.4, -0.2) is 16.8 Å². The molecule has 2 rings (SSSR count). The van der Waals surface area contributed by atoms with Gasteiger partial charge in [-0.2, -0.15) is 4.99 Å². The fourth-order valence-electron chi connectivity index (χ4n) is 1.92. The van der Waals surface area contributed by atoms with Gasteiger partial charge in [0.1, 0.15) is 0 Å². The first-order chi connectivity index (χ1) is 8.49. The maximum atomic E-state index is 11.5. The molecule has 4 N–H and O–H groups in total. The lowest BCUT2D eigenvalue weighted by molar-refractivity contribution is -0.384. The van der Waals surface area contributed by atoms with Gasteiger partial charge in [-0.15, -0.1) is 0 Å². The van der Waals surface area contributed by atoms with E-state index in [0.717, 1.165) is 5.56 Å². The minimum absolute atomic E-state index is 0.0208. The van der Waals surface area contributed by atoms with Crippen LogP contribution in [0, 0.1) is 16.0 Å². The number of nitro groups is 1. The number of nitrogens with two attached hydrogens (primary N) is 2. The summed E-state index contributed by atoms with van der Waals surface area (Å²) in [6.07, 6.45) is 0.622. The quantitative estimate of drug-likeness (QED) is 0.348. The maximum absolute atomic E-state index is 11.5. The topological polar surface area (TPSA) is 125 Å². The number of hydrogen-bond acceptors (Lipinski definition) is 3. The van der Waals surface area contributed by atoms with E-state index >= 15 is 0 Å². The molecular formula is C11H12N4O3. The lowest BCUT2D eigenvalue weighted by Gasteiger charge is -1.98. The van der Waals surface area contributed by atoms with Gasteiger partial charge in [0.25, 0.3) is 11.6 Å². The van der Waals surface area contributed by atoms with Crippen molar-refractivity contribution in [3.63, 3.8) is 0 Å². The Bertz CT molecular complexity index is 537. The van der Waals surface area contributed by atoms with Crippen molar-refractivity contribution in [1.29, 1.82) is 0 Å². The molecule has 1 fully saturated rings. The molecule has 0 saturated heterocycles. The Morgan fingerprint density at radius 1 is 1.44 bits per heavy atom. The van der Waals surface area contributed by atoms with Gasteiger partial charge in [0.05, 0.1) is 4.92 Å². The van der Waals surface area contributed by atoms with Crippen LogP contribution in [0.4, 0.5) is 5.69 Å². The zero-order chi connectivity index (χ0) is 13.3. The highest BCUT2D eigenvalue weighted by molar-refractivity contribution is 5.94. The number of rotatable bonds is 3. The predicted molar refractivity (Wildman–Crippen MR) is 64.8 cm³/mol. The van der Waals surface area contributed by atoms with Crippen molar-refractivity contribution in [1.82, 2.24) is 0 Å². The highest BCUT2D eigenvalue weighted by atomic mass is 16.6. The van der Waals surface area contributed by atoms with Gasteiger partial charge in [-0.05, 0) is 17.9 Å². The van der Waals surface area contributed by atoms with Crippen molar-refractivity contribution in [3.05, 3.63) is 39.9 Å². The molecule has 1 saturated carbocycles. The predicted octanol–water partition coefficient (Wildman–Crippen LogP) is 0.498. The summed E-state index contributed by atoms with van der Waals surface area (Å²) in [7, 11) is 0. The van der Waals surface area contributed by atoms with Crippen LogP contribution in [0.2, 0.25) is 0 Å². The Kier molecular flexibility index (Phi) is 2.97. The van der Waals surface area contributed by atoms with Crippen LogP contribution in [0.1, 0.15) is 17.9 Å². The lowest BCUT2D eigenvalue weighted by atomic mass is 10.1. The van der Waals surface area contributed by atoms with Crippen molar-refractivity contribution in [3.8, 4) is 0 Å². The normalized spacial score (nSPS) is 21.1. The molecule has 0 aliphatic heterocycles. The SMILES string of the molecule is NC(N)=NC(=O)C1CC1c1cccc([N+](=O)[O-])c1. The van der Waals surface area contributed by atoms with Crippen LogP contribution in [0.5, 0.6) is 0 Å². The molecule has 0 aromatic heterocycles. The van der Waals surface area contributed by atoms with Gasteiger partial charge in [0.15, 0.2) is 5.96 Å². The lowest BCUT2D eigenvalue weighted by Crippen LogP contribution is -2.24. The molecule has 0 heterocycles. The number of amides is 1. The van der Waals surface area contributed by atoms with Crippen LogP contribution in [-0.2, 0) is 4.79 Å². The summed E-state index contributed by atoms with van der Waals surface area (Å²) >= 11 is 0. The number of guanidine groups is 1.